The lowest BCUT2D eigenvalue weighted by Gasteiger charge is -2.63. The molecule has 4 nitrogen and oxygen atoms in total. The molecule has 26 heavy (non-hydrogen) atoms. The van der Waals surface area contributed by atoms with Gasteiger partial charge in [-0.2, -0.15) is 0 Å². The molecule has 4 fully saturated rings. The molecule has 0 heterocycles. The Morgan fingerprint density at radius 2 is 1.88 bits per heavy atom. The van der Waals surface area contributed by atoms with E-state index >= 15 is 0 Å². The lowest BCUT2D eigenvalue weighted by Crippen LogP contribution is -2.58. The highest BCUT2D eigenvalue weighted by Gasteiger charge is 2.68. The van der Waals surface area contributed by atoms with Crippen LogP contribution in [0.3, 0.4) is 0 Å². The molecule has 4 rings (SSSR count). The summed E-state index contributed by atoms with van der Waals surface area (Å²) in [5.74, 6) is 1.39. The van der Waals surface area contributed by atoms with E-state index in [1.54, 1.807) is 0 Å². The van der Waals surface area contributed by atoms with Gasteiger partial charge in [0.15, 0.2) is 0 Å². The monoisotopic (exact) mass is 362 g/mol. The number of aliphatic hydroxyl groups is 1. The van der Waals surface area contributed by atoms with Gasteiger partial charge in [0.25, 0.3) is 0 Å². The summed E-state index contributed by atoms with van der Waals surface area (Å²) in [5, 5.41) is 11.3. The van der Waals surface area contributed by atoms with Crippen LogP contribution < -0.4 is 0 Å². The second kappa shape index (κ2) is 5.56. The van der Waals surface area contributed by atoms with Crippen molar-refractivity contribution in [3.63, 3.8) is 0 Å². The summed E-state index contributed by atoms with van der Waals surface area (Å²) in [7, 11) is 0. The summed E-state index contributed by atoms with van der Waals surface area (Å²) in [4.78, 5) is 23.9. The Morgan fingerprint density at radius 3 is 2.58 bits per heavy atom. The van der Waals surface area contributed by atoms with Gasteiger partial charge in [-0.05, 0) is 73.5 Å². The average molecular weight is 363 g/mol. The molecule has 0 saturated heterocycles. The summed E-state index contributed by atoms with van der Waals surface area (Å²) in [6.45, 7) is 8.31. The van der Waals surface area contributed by atoms with Crippen LogP contribution in [0.1, 0.15) is 79.1 Å². The summed E-state index contributed by atoms with van der Waals surface area (Å²) >= 11 is 0. The number of carbonyl (C=O) groups excluding carboxylic acids is 2. The number of hydrogen-bond donors (Lipinski definition) is 1. The fourth-order valence-corrected chi connectivity index (χ4v) is 8.04. The van der Waals surface area contributed by atoms with Gasteiger partial charge in [-0.25, -0.2) is 0 Å². The number of carbonyl (C=O) groups is 2. The van der Waals surface area contributed by atoms with Crippen LogP contribution in [0.4, 0.5) is 0 Å². The predicted molar refractivity (Wildman–Crippen MR) is 98.3 cm³/mol. The minimum absolute atomic E-state index is 0.144. The third-order valence-electron chi connectivity index (χ3n) is 9.14. The van der Waals surface area contributed by atoms with Gasteiger partial charge in [0.1, 0.15) is 18.0 Å². The van der Waals surface area contributed by atoms with Crippen molar-refractivity contribution < 1.29 is 19.4 Å². The standard InChI is InChI=1S/C22H34O4/c1-14(23)26-13-22(25)12-21-10-7-16-19(2,3)18(24)8-9-20(16,4)17(21)6-5-15(22)11-21/h15-17,25H,5-13H2,1-4H3/t15-,16-,17+,20-,21-,22-/m1/s1. The van der Waals surface area contributed by atoms with Crippen molar-refractivity contribution >= 4 is 11.8 Å². The predicted octanol–water partition coefficient (Wildman–Crippen LogP) is 3.89. The SMILES string of the molecule is CC(=O)OC[C@]1(O)C[C@]23CC[C@@H]4C(C)(C)C(=O)CC[C@@]4(C)[C@@H]2CC[C@@H]1C3. The van der Waals surface area contributed by atoms with Gasteiger partial charge in [-0.3, -0.25) is 9.59 Å². The van der Waals surface area contributed by atoms with Crippen molar-refractivity contribution in [3.05, 3.63) is 0 Å². The number of hydrogen-bond acceptors (Lipinski definition) is 4. The molecule has 0 amide bonds. The third kappa shape index (κ3) is 2.36. The molecule has 0 unspecified atom stereocenters. The van der Waals surface area contributed by atoms with Gasteiger partial charge < -0.3 is 9.84 Å². The normalized spacial score (nSPS) is 49.3. The van der Waals surface area contributed by atoms with Crippen LogP contribution in [0.2, 0.25) is 0 Å². The molecule has 0 aromatic heterocycles. The first kappa shape index (κ1) is 18.5. The number of fused-ring (bicyclic) bond motifs is 3. The second-order valence-corrected chi connectivity index (χ2v) is 10.7. The highest BCUT2D eigenvalue weighted by molar-refractivity contribution is 5.85. The maximum Gasteiger partial charge on any atom is 0.302 e. The van der Waals surface area contributed by atoms with E-state index in [1.165, 1.54) is 6.92 Å². The van der Waals surface area contributed by atoms with Gasteiger partial charge in [-0.15, -0.1) is 0 Å². The number of Topliss-reactive ketones (excluding diaryl/α,β-unsaturated/α-hetero) is 1. The molecule has 0 aromatic carbocycles. The molecule has 4 aliphatic carbocycles. The van der Waals surface area contributed by atoms with E-state index in [4.69, 9.17) is 4.74 Å². The Labute approximate surface area is 157 Å². The maximum absolute atomic E-state index is 12.6. The van der Waals surface area contributed by atoms with Crippen LogP contribution in [0.15, 0.2) is 0 Å². The third-order valence-corrected chi connectivity index (χ3v) is 9.14. The summed E-state index contributed by atoms with van der Waals surface area (Å²) in [6, 6.07) is 0. The molecule has 1 spiro atoms. The Kier molecular flexibility index (Phi) is 3.95. The number of rotatable bonds is 2. The Morgan fingerprint density at radius 1 is 1.15 bits per heavy atom. The number of ketones is 1. The minimum Gasteiger partial charge on any atom is -0.463 e. The second-order valence-electron chi connectivity index (χ2n) is 10.7. The lowest BCUT2D eigenvalue weighted by molar-refractivity contribution is -0.165. The molecule has 2 bridgehead atoms. The molecule has 1 N–H and O–H groups in total. The molecule has 4 saturated carbocycles. The minimum atomic E-state index is -0.858. The van der Waals surface area contributed by atoms with E-state index in [0.717, 1.165) is 44.9 Å². The van der Waals surface area contributed by atoms with Crippen LogP contribution in [0, 0.1) is 34.0 Å². The summed E-state index contributed by atoms with van der Waals surface area (Å²) in [5.41, 5.74) is -0.728. The van der Waals surface area contributed by atoms with Crippen LogP contribution in [-0.4, -0.2) is 29.1 Å². The Bertz CT molecular complexity index is 640. The highest BCUT2D eigenvalue weighted by atomic mass is 16.5. The fraction of sp³-hybridized carbons (Fsp3) is 0.909. The molecule has 0 radical (unpaired) electrons. The maximum atomic E-state index is 12.6. The molecular formula is C22H34O4. The average Bonchev–Trinajstić information content (AvgIpc) is 2.76. The van der Waals surface area contributed by atoms with Gasteiger partial charge in [0, 0.05) is 18.8 Å². The van der Waals surface area contributed by atoms with E-state index in [2.05, 4.69) is 20.8 Å². The smallest absolute Gasteiger partial charge is 0.302 e. The van der Waals surface area contributed by atoms with Crippen LogP contribution in [-0.2, 0) is 14.3 Å². The van der Waals surface area contributed by atoms with E-state index in [-0.39, 0.29) is 34.7 Å². The number of esters is 1. The topological polar surface area (TPSA) is 63.6 Å². The van der Waals surface area contributed by atoms with Crippen LogP contribution in [0.5, 0.6) is 0 Å². The first-order valence-electron chi connectivity index (χ1n) is 10.4. The largest absolute Gasteiger partial charge is 0.463 e. The van der Waals surface area contributed by atoms with Gasteiger partial charge >= 0.3 is 5.97 Å². The number of ether oxygens (including phenoxy) is 1. The van der Waals surface area contributed by atoms with E-state index in [9.17, 15) is 14.7 Å². The van der Waals surface area contributed by atoms with Crippen LogP contribution >= 0.6 is 0 Å². The van der Waals surface area contributed by atoms with E-state index in [0.29, 0.717) is 24.0 Å². The molecule has 4 aliphatic rings. The highest BCUT2D eigenvalue weighted by Crippen LogP contribution is 2.72. The summed E-state index contributed by atoms with van der Waals surface area (Å²) < 4.78 is 5.26. The van der Waals surface area contributed by atoms with Crippen molar-refractivity contribution in [1.82, 2.24) is 0 Å². The van der Waals surface area contributed by atoms with Gasteiger partial charge in [0.2, 0.25) is 0 Å². The zero-order chi connectivity index (χ0) is 19.0. The first-order valence-corrected chi connectivity index (χ1v) is 10.4. The van der Waals surface area contributed by atoms with Crippen molar-refractivity contribution in [1.29, 1.82) is 0 Å². The van der Waals surface area contributed by atoms with E-state index < -0.39 is 5.60 Å². The van der Waals surface area contributed by atoms with E-state index in [1.807, 2.05) is 0 Å². The fourth-order valence-electron chi connectivity index (χ4n) is 8.04. The zero-order valence-corrected chi connectivity index (χ0v) is 16.8. The van der Waals surface area contributed by atoms with Crippen molar-refractivity contribution in [2.75, 3.05) is 6.61 Å². The van der Waals surface area contributed by atoms with Gasteiger partial charge in [-0.1, -0.05) is 20.8 Å². The lowest BCUT2D eigenvalue weighted by atomic mass is 9.41. The van der Waals surface area contributed by atoms with Crippen LogP contribution in [0.25, 0.3) is 0 Å². The molecule has 4 heteroatoms. The van der Waals surface area contributed by atoms with Crippen molar-refractivity contribution in [2.45, 2.75) is 84.7 Å². The quantitative estimate of drug-likeness (QED) is 0.757. The Hall–Kier alpha value is -0.900. The molecule has 0 aromatic rings. The molecule has 146 valence electrons. The molecule has 6 atom stereocenters. The van der Waals surface area contributed by atoms with Crippen molar-refractivity contribution in [3.8, 4) is 0 Å². The first-order chi connectivity index (χ1) is 12.0. The summed E-state index contributed by atoms with van der Waals surface area (Å²) in [6.07, 6.45) is 7.87. The van der Waals surface area contributed by atoms with Gasteiger partial charge in [0.05, 0.1) is 0 Å². The molecule has 0 aliphatic heterocycles. The van der Waals surface area contributed by atoms with Crippen molar-refractivity contribution in [2.24, 2.45) is 34.0 Å². The zero-order valence-electron chi connectivity index (χ0n) is 16.8. The molecular weight excluding hydrogens is 328 g/mol. The Balaban J connectivity index is 1.64.